The third kappa shape index (κ3) is 2.72. The van der Waals surface area contributed by atoms with Crippen LogP contribution in [0.3, 0.4) is 0 Å². The van der Waals surface area contributed by atoms with Gasteiger partial charge in [-0.15, -0.1) is 0 Å². The molecule has 3 nitrogen and oxygen atoms in total. The number of ether oxygens (including phenoxy) is 2. The van der Waals surface area contributed by atoms with E-state index in [1.807, 2.05) is 25.2 Å². The molecule has 0 fully saturated rings. The highest BCUT2D eigenvalue weighted by atomic mass is 16.7. The molecule has 1 aliphatic heterocycles. The van der Waals surface area contributed by atoms with E-state index < -0.39 is 5.60 Å². The van der Waals surface area contributed by atoms with Gasteiger partial charge in [0.05, 0.1) is 13.2 Å². The van der Waals surface area contributed by atoms with E-state index in [0.29, 0.717) is 0 Å². The zero-order chi connectivity index (χ0) is 11.3. The summed E-state index contributed by atoms with van der Waals surface area (Å²) in [5.41, 5.74) is -0.913. The number of hydrogen-bond acceptors (Lipinski definition) is 3. The van der Waals surface area contributed by atoms with Crippen LogP contribution in [0.25, 0.3) is 0 Å². The molecule has 0 bridgehead atoms. The van der Waals surface area contributed by atoms with Gasteiger partial charge < -0.3 is 9.47 Å². The lowest BCUT2D eigenvalue weighted by atomic mass is 10.0. The molecule has 0 unspecified atom stereocenters. The minimum absolute atomic E-state index is 0.0968. The molecular weight excluding hydrogens is 192 g/mol. The SMILES string of the molecule is CC/C=C/C=C/[C@@]1(C)OC(OC)=CC1=O. The third-order valence-corrected chi connectivity index (χ3v) is 2.15. The largest absolute Gasteiger partial charge is 0.469 e. The van der Waals surface area contributed by atoms with Crippen molar-refractivity contribution in [3.8, 4) is 0 Å². The van der Waals surface area contributed by atoms with Crippen molar-refractivity contribution >= 4 is 5.78 Å². The molecule has 0 radical (unpaired) electrons. The lowest BCUT2D eigenvalue weighted by Gasteiger charge is -2.18. The number of ketones is 1. The van der Waals surface area contributed by atoms with Crippen LogP contribution >= 0.6 is 0 Å². The van der Waals surface area contributed by atoms with Crippen LogP contribution in [0.2, 0.25) is 0 Å². The Morgan fingerprint density at radius 1 is 1.53 bits per heavy atom. The third-order valence-electron chi connectivity index (χ3n) is 2.15. The molecule has 1 aliphatic rings. The second-order valence-corrected chi connectivity index (χ2v) is 3.44. The first-order chi connectivity index (χ1) is 7.12. The highest BCUT2D eigenvalue weighted by molar-refractivity contribution is 6.00. The Bertz CT molecular complexity index is 326. The van der Waals surface area contributed by atoms with Crippen molar-refractivity contribution in [2.24, 2.45) is 0 Å². The Kier molecular flexibility index (Phi) is 3.72. The normalized spacial score (nSPS) is 26.1. The van der Waals surface area contributed by atoms with Crippen molar-refractivity contribution in [2.75, 3.05) is 7.11 Å². The first kappa shape index (κ1) is 11.6. The molecular formula is C12H16O3. The van der Waals surface area contributed by atoms with Crippen LogP contribution in [0.1, 0.15) is 20.3 Å². The number of methoxy groups -OCH3 is 1. The molecule has 0 aromatic heterocycles. The molecule has 15 heavy (non-hydrogen) atoms. The fraction of sp³-hybridized carbons (Fsp3) is 0.417. The maximum atomic E-state index is 11.6. The molecule has 1 rings (SSSR count). The summed E-state index contributed by atoms with van der Waals surface area (Å²) in [5.74, 6) is 0.173. The van der Waals surface area contributed by atoms with Gasteiger partial charge in [-0.3, -0.25) is 4.79 Å². The summed E-state index contributed by atoms with van der Waals surface area (Å²) in [6.45, 7) is 3.77. The van der Waals surface area contributed by atoms with E-state index in [0.717, 1.165) is 6.42 Å². The molecule has 0 N–H and O–H groups in total. The summed E-state index contributed by atoms with van der Waals surface area (Å²) in [7, 11) is 1.48. The van der Waals surface area contributed by atoms with Crippen molar-refractivity contribution in [2.45, 2.75) is 25.9 Å². The van der Waals surface area contributed by atoms with E-state index in [4.69, 9.17) is 9.47 Å². The lowest BCUT2D eigenvalue weighted by Crippen LogP contribution is -2.29. The maximum absolute atomic E-state index is 11.6. The van der Waals surface area contributed by atoms with Crippen molar-refractivity contribution in [1.29, 1.82) is 0 Å². The van der Waals surface area contributed by atoms with Crippen LogP contribution in [-0.2, 0) is 14.3 Å². The van der Waals surface area contributed by atoms with Crippen molar-refractivity contribution in [1.82, 2.24) is 0 Å². The van der Waals surface area contributed by atoms with E-state index in [2.05, 4.69) is 0 Å². The minimum atomic E-state index is -0.913. The highest BCUT2D eigenvalue weighted by Crippen LogP contribution is 2.26. The summed E-state index contributed by atoms with van der Waals surface area (Å²) in [4.78, 5) is 11.6. The molecule has 1 heterocycles. The topological polar surface area (TPSA) is 35.5 Å². The van der Waals surface area contributed by atoms with Gasteiger partial charge in [0.2, 0.25) is 5.78 Å². The summed E-state index contributed by atoms with van der Waals surface area (Å²) in [6.07, 6.45) is 9.78. The van der Waals surface area contributed by atoms with Crippen molar-refractivity contribution in [3.63, 3.8) is 0 Å². The fourth-order valence-electron chi connectivity index (χ4n) is 1.21. The van der Waals surface area contributed by atoms with E-state index >= 15 is 0 Å². The molecule has 0 saturated heterocycles. The standard InChI is InChI=1S/C12H16O3/c1-4-5-6-7-8-12(2)10(13)9-11(14-3)15-12/h5-9H,4H2,1-3H3/b6-5+,8-7+/t12-/m1/s1. The number of allylic oxidation sites excluding steroid dienone is 3. The fourth-order valence-corrected chi connectivity index (χ4v) is 1.21. The number of carbonyl (C=O) groups excluding carboxylic acids is 1. The van der Waals surface area contributed by atoms with Gasteiger partial charge in [0.1, 0.15) is 0 Å². The predicted octanol–water partition coefficient (Wildman–Crippen LogP) is 2.35. The molecule has 0 aromatic carbocycles. The number of carbonyl (C=O) groups is 1. The monoisotopic (exact) mass is 208 g/mol. The Morgan fingerprint density at radius 2 is 2.27 bits per heavy atom. The predicted molar refractivity (Wildman–Crippen MR) is 58.2 cm³/mol. The lowest BCUT2D eigenvalue weighted by molar-refractivity contribution is -0.126. The Morgan fingerprint density at radius 3 is 2.80 bits per heavy atom. The van der Waals surface area contributed by atoms with Gasteiger partial charge >= 0.3 is 0 Å². The van der Waals surface area contributed by atoms with Crippen LogP contribution in [0.4, 0.5) is 0 Å². The van der Waals surface area contributed by atoms with Gasteiger partial charge in [0.25, 0.3) is 5.95 Å². The van der Waals surface area contributed by atoms with E-state index in [9.17, 15) is 4.79 Å². The quantitative estimate of drug-likeness (QED) is 0.665. The molecule has 0 aromatic rings. The van der Waals surface area contributed by atoms with E-state index in [1.54, 1.807) is 13.0 Å². The van der Waals surface area contributed by atoms with Gasteiger partial charge in [0, 0.05) is 0 Å². The van der Waals surface area contributed by atoms with Crippen LogP contribution < -0.4 is 0 Å². The maximum Gasteiger partial charge on any atom is 0.283 e. The molecule has 1 atom stereocenters. The molecule has 0 aliphatic carbocycles. The number of rotatable bonds is 4. The van der Waals surface area contributed by atoms with Gasteiger partial charge in [0.15, 0.2) is 5.60 Å². The minimum Gasteiger partial charge on any atom is -0.469 e. The average molecular weight is 208 g/mol. The Balaban J connectivity index is 2.67. The van der Waals surface area contributed by atoms with E-state index in [-0.39, 0.29) is 11.7 Å². The molecule has 3 heteroatoms. The van der Waals surface area contributed by atoms with Crippen LogP contribution in [0.5, 0.6) is 0 Å². The second kappa shape index (κ2) is 4.82. The van der Waals surface area contributed by atoms with Crippen LogP contribution in [0.15, 0.2) is 36.3 Å². The first-order valence-electron chi connectivity index (χ1n) is 4.96. The highest BCUT2D eigenvalue weighted by Gasteiger charge is 2.38. The molecule has 0 saturated carbocycles. The average Bonchev–Trinajstić information content (AvgIpc) is 2.51. The Hall–Kier alpha value is -1.51. The Labute approximate surface area is 90.1 Å². The smallest absolute Gasteiger partial charge is 0.283 e. The van der Waals surface area contributed by atoms with Gasteiger partial charge in [-0.1, -0.05) is 25.2 Å². The van der Waals surface area contributed by atoms with Crippen LogP contribution in [0, 0.1) is 0 Å². The summed E-state index contributed by atoms with van der Waals surface area (Å²) in [6, 6.07) is 0. The van der Waals surface area contributed by atoms with E-state index in [1.165, 1.54) is 13.2 Å². The number of hydrogen-bond donors (Lipinski definition) is 0. The molecule has 82 valence electrons. The second-order valence-electron chi connectivity index (χ2n) is 3.44. The van der Waals surface area contributed by atoms with Crippen LogP contribution in [-0.4, -0.2) is 18.5 Å². The summed E-state index contributed by atoms with van der Waals surface area (Å²) in [5, 5.41) is 0. The van der Waals surface area contributed by atoms with Crippen molar-refractivity contribution < 1.29 is 14.3 Å². The summed E-state index contributed by atoms with van der Waals surface area (Å²) >= 11 is 0. The zero-order valence-corrected chi connectivity index (χ0v) is 9.32. The molecule has 0 spiro atoms. The van der Waals surface area contributed by atoms with Crippen molar-refractivity contribution in [3.05, 3.63) is 36.3 Å². The van der Waals surface area contributed by atoms with Gasteiger partial charge in [-0.25, -0.2) is 0 Å². The molecule has 0 amide bonds. The van der Waals surface area contributed by atoms with Gasteiger partial charge in [-0.05, 0) is 19.4 Å². The summed E-state index contributed by atoms with van der Waals surface area (Å²) < 4.78 is 10.2. The van der Waals surface area contributed by atoms with Gasteiger partial charge in [-0.2, -0.15) is 0 Å². The zero-order valence-electron chi connectivity index (χ0n) is 9.32. The first-order valence-corrected chi connectivity index (χ1v) is 4.96.